The second kappa shape index (κ2) is 10.4. The summed E-state index contributed by atoms with van der Waals surface area (Å²) in [5.41, 5.74) is 0.855. The minimum absolute atomic E-state index is 0.0291. The molecule has 2 aromatic carbocycles. The lowest BCUT2D eigenvalue weighted by atomic mass is 10.1. The molecule has 0 aliphatic carbocycles. The van der Waals surface area contributed by atoms with E-state index in [4.69, 9.17) is 16.3 Å². The lowest BCUT2D eigenvalue weighted by Gasteiger charge is -2.18. The predicted octanol–water partition coefficient (Wildman–Crippen LogP) is 3.89. The van der Waals surface area contributed by atoms with Gasteiger partial charge in [-0.1, -0.05) is 29.8 Å². The Morgan fingerprint density at radius 1 is 1.17 bits per heavy atom. The minimum Gasteiger partial charge on any atom is -0.452 e. The summed E-state index contributed by atoms with van der Waals surface area (Å²) >= 11 is 6.14. The zero-order chi connectivity index (χ0) is 21.4. The van der Waals surface area contributed by atoms with Crippen LogP contribution in [0.3, 0.4) is 0 Å². The molecule has 154 valence electrons. The van der Waals surface area contributed by atoms with Gasteiger partial charge in [0.25, 0.3) is 11.6 Å². The van der Waals surface area contributed by atoms with Gasteiger partial charge in [-0.15, -0.1) is 0 Å². The molecule has 0 aliphatic rings. The second-order valence-corrected chi connectivity index (χ2v) is 6.48. The molecule has 1 amide bonds. The fraction of sp³-hybridized carbons (Fsp3) is 0.300. The molecule has 0 aliphatic heterocycles. The first-order valence-corrected chi connectivity index (χ1v) is 9.45. The van der Waals surface area contributed by atoms with Gasteiger partial charge in [0.05, 0.1) is 10.5 Å². The van der Waals surface area contributed by atoms with Crippen molar-refractivity contribution in [1.82, 2.24) is 4.90 Å². The monoisotopic (exact) mass is 419 g/mol. The van der Waals surface area contributed by atoms with Gasteiger partial charge in [0.2, 0.25) is 0 Å². The number of likely N-dealkylation sites (N-methyl/N-ethyl adjacent to an activating group) is 1. The first-order valence-electron chi connectivity index (χ1n) is 9.08. The number of carbonyl (C=O) groups excluding carboxylic acids is 2. The standard InChI is InChI=1S/C20H22ClN3O5/c1-3-23(4-2)19(25)13-29-20(26)16-11-15(24(27)28)9-10-18(16)22-12-14-7-5-6-8-17(14)21/h5-11,22H,3-4,12-13H2,1-2H3. The van der Waals surface area contributed by atoms with Gasteiger partial charge in [-0.05, 0) is 31.5 Å². The van der Waals surface area contributed by atoms with Crippen molar-refractivity contribution in [1.29, 1.82) is 0 Å². The van der Waals surface area contributed by atoms with E-state index in [0.717, 1.165) is 11.6 Å². The molecule has 0 spiro atoms. The summed E-state index contributed by atoms with van der Waals surface area (Å²) in [5, 5.41) is 14.7. The maximum atomic E-state index is 12.5. The van der Waals surface area contributed by atoms with Crippen LogP contribution < -0.4 is 5.32 Å². The van der Waals surface area contributed by atoms with Gasteiger partial charge in [-0.25, -0.2) is 4.79 Å². The minimum atomic E-state index is -0.823. The van der Waals surface area contributed by atoms with E-state index in [-0.39, 0.29) is 17.2 Å². The Bertz CT molecular complexity index is 899. The molecule has 0 aromatic heterocycles. The topological polar surface area (TPSA) is 102 Å². The molecule has 0 saturated carbocycles. The van der Waals surface area contributed by atoms with E-state index >= 15 is 0 Å². The average Bonchev–Trinajstić information content (AvgIpc) is 2.72. The van der Waals surface area contributed by atoms with Crippen LogP contribution in [-0.4, -0.2) is 41.4 Å². The third-order valence-electron chi connectivity index (χ3n) is 4.30. The summed E-state index contributed by atoms with van der Waals surface area (Å²) in [6.45, 7) is 4.49. The Kier molecular flexibility index (Phi) is 7.97. The van der Waals surface area contributed by atoms with Crippen molar-refractivity contribution in [2.45, 2.75) is 20.4 Å². The van der Waals surface area contributed by atoms with E-state index in [1.165, 1.54) is 17.0 Å². The van der Waals surface area contributed by atoms with Crippen LogP contribution in [0.5, 0.6) is 0 Å². The Balaban J connectivity index is 2.19. The molecule has 1 N–H and O–H groups in total. The molecule has 9 heteroatoms. The van der Waals surface area contributed by atoms with Gasteiger partial charge in [-0.3, -0.25) is 14.9 Å². The van der Waals surface area contributed by atoms with Crippen LogP contribution in [0.2, 0.25) is 5.02 Å². The Morgan fingerprint density at radius 2 is 1.86 bits per heavy atom. The van der Waals surface area contributed by atoms with Gasteiger partial charge in [-0.2, -0.15) is 0 Å². The van der Waals surface area contributed by atoms with Crippen molar-refractivity contribution in [2.24, 2.45) is 0 Å². The molecule has 29 heavy (non-hydrogen) atoms. The molecule has 0 fully saturated rings. The Labute approximate surface area is 173 Å². The lowest BCUT2D eigenvalue weighted by Crippen LogP contribution is -2.34. The van der Waals surface area contributed by atoms with Crippen LogP contribution in [0, 0.1) is 10.1 Å². The SMILES string of the molecule is CCN(CC)C(=O)COC(=O)c1cc([N+](=O)[O-])ccc1NCc1ccccc1Cl. The number of carbonyl (C=O) groups is 2. The maximum Gasteiger partial charge on any atom is 0.341 e. The molecule has 2 aromatic rings. The van der Waals surface area contributed by atoms with Crippen molar-refractivity contribution in [2.75, 3.05) is 25.0 Å². The summed E-state index contributed by atoms with van der Waals surface area (Å²) in [5.74, 6) is -1.16. The highest BCUT2D eigenvalue weighted by molar-refractivity contribution is 6.31. The molecule has 0 heterocycles. The van der Waals surface area contributed by atoms with Crippen molar-refractivity contribution >= 4 is 34.9 Å². The number of benzene rings is 2. The number of anilines is 1. The van der Waals surface area contributed by atoms with E-state index in [1.807, 2.05) is 26.0 Å². The van der Waals surface area contributed by atoms with Gasteiger partial charge < -0.3 is 15.0 Å². The largest absolute Gasteiger partial charge is 0.452 e. The lowest BCUT2D eigenvalue weighted by molar-refractivity contribution is -0.384. The number of non-ortho nitro benzene ring substituents is 1. The van der Waals surface area contributed by atoms with Crippen molar-refractivity contribution in [3.63, 3.8) is 0 Å². The molecule has 2 rings (SSSR count). The summed E-state index contributed by atoms with van der Waals surface area (Å²) in [6, 6.07) is 11.0. The number of halogens is 1. The molecule has 0 radical (unpaired) electrons. The third kappa shape index (κ3) is 5.92. The summed E-state index contributed by atoms with van der Waals surface area (Å²) in [7, 11) is 0. The van der Waals surface area contributed by atoms with E-state index in [2.05, 4.69) is 5.32 Å². The zero-order valence-electron chi connectivity index (χ0n) is 16.2. The van der Waals surface area contributed by atoms with Gasteiger partial charge in [0, 0.05) is 42.5 Å². The second-order valence-electron chi connectivity index (χ2n) is 6.07. The number of esters is 1. The van der Waals surface area contributed by atoms with Crippen molar-refractivity contribution in [3.05, 3.63) is 68.7 Å². The highest BCUT2D eigenvalue weighted by atomic mass is 35.5. The van der Waals surface area contributed by atoms with E-state index in [9.17, 15) is 19.7 Å². The maximum absolute atomic E-state index is 12.5. The number of nitrogens with zero attached hydrogens (tertiary/aromatic N) is 2. The van der Waals surface area contributed by atoms with Crippen LogP contribution in [-0.2, 0) is 16.1 Å². The molecule has 0 unspecified atom stereocenters. The van der Waals surface area contributed by atoms with Crippen molar-refractivity contribution < 1.29 is 19.2 Å². The number of hydrogen-bond acceptors (Lipinski definition) is 6. The van der Waals surface area contributed by atoms with E-state index in [1.54, 1.807) is 12.1 Å². The predicted molar refractivity (Wildman–Crippen MR) is 110 cm³/mol. The Hall–Kier alpha value is -3.13. The molecular formula is C20H22ClN3O5. The number of hydrogen-bond donors (Lipinski definition) is 1. The number of nitro benzene ring substituents is 1. The number of rotatable bonds is 9. The fourth-order valence-electron chi connectivity index (χ4n) is 2.67. The van der Waals surface area contributed by atoms with Crippen LogP contribution in [0.1, 0.15) is 29.8 Å². The van der Waals surface area contributed by atoms with Gasteiger partial charge >= 0.3 is 5.97 Å². The molecular weight excluding hydrogens is 398 g/mol. The molecule has 0 bridgehead atoms. The summed E-state index contributed by atoms with van der Waals surface area (Å²) < 4.78 is 5.11. The van der Waals surface area contributed by atoms with Gasteiger partial charge in [0.15, 0.2) is 6.61 Å². The van der Waals surface area contributed by atoms with E-state index in [0.29, 0.717) is 30.3 Å². The average molecular weight is 420 g/mol. The molecule has 8 nitrogen and oxygen atoms in total. The number of ether oxygens (including phenoxy) is 1. The fourth-order valence-corrected chi connectivity index (χ4v) is 2.88. The zero-order valence-corrected chi connectivity index (χ0v) is 16.9. The van der Waals surface area contributed by atoms with Crippen molar-refractivity contribution in [3.8, 4) is 0 Å². The quantitative estimate of drug-likeness (QED) is 0.376. The van der Waals surface area contributed by atoms with Gasteiger partial charge in [0.1, 0.15) is 0 Å². The number of nitrogens with one attached hydrogen (secondary N) is 1. The summed E-state index contributed by atoms with van der Waals surface area (Å²) in [4.78, 5) is 36.6. The number of nitro groups is 1. The Morgan fingerprint density at radius 3 is 2.48 bits per heavy atom. The molecule has 0 saturated heterocycles. The highest BCUT2D eigenvalue weighted by Gasteiger charge is 2.20. The third-order valence-corrected chi connectivity index (χ3v) is 4.67. The van der Waals surface area contributed by atoms with Crippen LogP contribution in [0.15, 0.2) is 42.5 Å². The highest BCUT2D eigenvalue weighted by Crippen LogP contribution is 2.25. The summed E-state index contributed by atoms with van der Waals surface area (Å²) in [6.07, 6.45) is 0. The first kappa shape index (κ1) is 22.2. The smallest absolute Gasteiger partial charge is 0.341 e. The van der Waals surface area contributed by atoms with Crippen LogP contribution in [0.25, 0.3) is 0 Å². The normalized spacial score (nSPS) is 10.3. The first-order chi connectivity index (χ1) is 13.9. The number of amides is 1. The molecule has 0 atom stereocenters. The van der Waals surface area contributed by atoms with Crippen LogP contribution in [0.4, 0.5) is 11.4 Å². The van der Waals surface area contributed by atoms with E-state index < -0.39 is 17.5 Å². The van der Waals surface area contributed by atoms with Crippen LogP contribution >= 0.6 is 11.6 Å².